The Bertz CT molecular complexity index is 844. The van der Waals surface area contributed by atoms with E-state index in [1.54, 1.807) is 36.5 Å². The topological polar surface area (TPSA) is 83.3 Å². The van der Waals surface area contributed by atoms with E-state index in [2.05, 4.69) is 11.1 Å². The largest absolute Gasteiger partial charge is 0.493 e. The number of aromatic nitrogens is 1. The van der Waals surface area contributed by atoms with Crippen molar-refractivity contribution in [3.63, 3.8) is 0 Å². The molecule has 1 aromatic heterocycles. The summed E-state index contributed by atoms with van der Waals surface area (Å²) in [7, 11) is -1.37. The van der Waals surface area contributed by atoms with Crippen molar-refractivity contribution in [3.8, 4) is 11.8 Å². The van der Waals surface area contributed by atoms with Gasteiger partial charge in [-0.15, -0.1) is 0 Å². The Morgan fingerprint density at radius 2 is 2.08 bits per heavy atom. The van der Waals surface area contributed by atoms with Crippen LogP contribution in [-0.4, -0.2) is 39.9 Å². The summed E-state index contributed by atoms with van der Waals surface area (Å²) in [6, 6.07) is 12.0. The number of anilines is 1. The van der Waals surface area contributed by atoms with Gasteiger partial charge in [-0.1, -0.05) is 6.07 Å². The summed E-state index contributed by atoms with van der Waals surface area (Å²) in [6.45, 7) is 1.10. The highest BCUT2D eigenvalue weighted by molar-refractivity contribution is 7.90. The molecule has 0 amide bonds. The summed E-state index contributed by atoms with van der Waals surface area (Å²) < 4.78 is 28.7. The van der Waals surface area contributed by atoms with Gasteiger partial charge in [0.2, 0.25) is 0 Å². The van der Waals surface area contributed by atoms with Crippen LogP contribution in [-0.2, 0) is 9.84 Å². The average molecular weight is 345 g/mol. The highest BCUT2D eigenvalue weighted by Crippen LogP contribution is 2.18. The van der Waals surface area contributed by atoms with Gasteiger partial charge >= 0.3 is 0 Å². The van der Waals surface area contributed by atoms with E-state index < -0.39 is 9.84 Å². The monoisotopic (exact) mass is 345 g/mol. The Hall–Kier alpha value is -2.59. The number of rotatable bonds is 7. The maximum atomic E-state index is 11.5. The molecule has 0 unspecified atom stereocenters. The van der Waals surface area contributed by atoms with E-state index in [1.165, 1.54) is 12.3 Å². The SMILES string of the molecule is CN(CCCOc1cccc(S(C)(=O)=O)c1)c1ncccc1C#N. The zero-order chi connectivity index (χ0) is 17.6. The van der Waals surface area contributed by atoms with Gasteiger partial charge in [0, 0.05) is 26.0 Å². The van der Waals surface area contributed by atoms with Crippen molar-refractivity contribution in [1.29, 1.82) is 5.26 Å². The van der Waals surface area contributed by atoms with E-state index >= 15 is 0 Å². The molecule has 0 N–H and O–H groups in total. The smallest absolute Gasteiger partial charge is 0.175 e. The van der Waals surface area contributed by atoms with Gasteiger partial charge in [0.05, 0.1) is 17.1 Å². The number of nitrogens with zero attached hydrogens (tertiary/aromatic N) is 3. The molecule has 2 rings (SSSR count). The lowest BCUT2D eigenvalue weighted by atomic mass is 10.2. The molecular weight excluding hydrogens is 326 g/mol. The Morgan fingerprint density at radius 1 is 1.29 bits per heavy atom. The molecule has 0 saturated carbocycles. The van der Waals surface area contributed by atoms with E-state index in [-0.39, 0.29) is 4.90 Å². The number of nitriles is 1. The van der Waals surface area contributed by atoms with E-state index in [4.69, 9.17) is 10.00 Å². The number of benzene rings is 1. The second-order valence-corrected chi connectivity index (χ2v) is 7.37. The normalized spacial score (nSPS) is 10.9. The average Bonchev–Trinajstić information content (AvgIpc) is 2.58. The lowest BCUT2D eigenvalue weighted by Crippen LogP contribution is -2.22. The van der Waals surface area contributed by atoms with E-state index in [0.29, 0.717) is 36.7 Å². The second-order valence-electron chi connectivity index (χ2n) is 5.36. The second kappa shape index (κ2) is 7.79. The predicted octanol–water partition coefficient (Wildman–Crippen LogP) is 2.26. The molecule has 0 fully saturated rings. The Labute approximate surface area is 142 Å². The van der Waals surface area contributed by atoms with Crippen LogP contribution in [0.1, 0.15) is 12.0 Å². The fourth-order valence-corrected chi connectivity index (χ4v) is 2.84. The first-order chi connectivity index (χ1) is 11.4. The van der Waals surface area contributed by atoms with Gasteiger partial charge in [0.15, 0.2) is 9.84 Å². The molecule has 0 bridgehead atoms. The van der Waals surface area contributed by atoms with Crippen LogP contribution < -0.4 is 9.64 Å². The van der Waals surface area contributed by atoms with Crippen LogP contribution in [0.5, 0.6) is 5.75 Å². The number of hydrogen-bond donors (Lipinski definition) is 0. The van der Waals surface area contributed by atoms with Gasteiger partial charge < -0.3 is 9.64 Å². The lowest BCUT2D eigenvalue weighted by Gasteiger charge is -2.19. The van der Waals surface area contributed by atoms with Crippen molar-refractivity contribution >= 4 is 15.7 Å². The third kappa shape index (κ3) is 4.70. The van der Waals surface area contributed by atoms with Crippen LogP contribution in [0, 0.1) is 11.3 Å². The zero-order valence-corrected chi connectivity index (χ0v) is 14.5. The van der Waals surface area contributed by atoms with Gasteiger partial charge in [0.1, 0.15) is 17.6 Å². The number of sulfone groups is 1. The lowest BCUT2D eigenvalue weighted by molar-refractivity contribution is 0.311. The fourth-order valence-electron chi connectivity index (χ4n) is 2.18. The van der Waals surface area contributed by atoms with Crippen molar-refractivity contribution in [3.05, 3.63) is 48.2 Å². The van der Waals surface area contributed by atoms with Crippen molar-refractivity contribution in [2.45, 2.75) is 11.3 Å². The van der Waals surface area contributed by atoms with Crippen molar-refractivity contribution in [2.75, 3.05) is 31.4 Å². The van der Waals surface area contributed by atoms with Gasteiger partial charge in [-0.2, -0.15) is 5.26 Å². The summed E-state index contributed by atoms with van der Waals surface area (Å²) >= 11 is 0. The Balaban J connectivity index is 1.88. The molecule has 0 aliphatic heterocycles. The van der Waals surface area contributed by atoms with E-state index in [0.717, 1.165) is 0 Å². The molecule has 7 heteroatoms. The number of ether oxygens (including phenoxy) is 1. The molecular formula is C17H19N3O3S. The van der Waals surface area contributed by atoms with Gasteiger partial charge in [-0.25, -0.2) is 13.4 Å². The molecule has 126 valence electrons. The first-order valence-corrected chi connectivity index (χ1v) is 9.30. The van der Waals surface area contributed by atoms with Crippen LogP contribution >= 0.6 is 0 Å². The predicted molar refractivity (Wildman–Crippen MR) is 91.9 cm³/mol. The molecule has 0 radical (unpaired) electrons. The molecule has 0 aliphatic carbocycles. The molecule has 24 heavy (non-hydrogen) atoms. The Kier molecular flexibility index (Phi) is 5.77. The first kappa shape index (κ1) is 17.8. The maximum absolute atomic E-state index is 11.5. The van der Waals surface area contributed by atoms with Crippen LogP contribution in [0.3, 0.4) is 0 Å². The standard InChI is InChI=1S/C17H19N3O3S/c1-20(17-14(13-18)6-4-9-19-17)10-5-11-23-15-7-3-8-16(12-15)24(2,21)22/h3-4,6-9,12H,5,10-11H2,1-2H3. The molecule has 0 spiro atoms. The summed E-state index contributed by atoms with van der Waals surface area (Å²) in [5.74, 6) is 1.16. The minimum absolute atomic E-state index is 0.240. The summed E-state index contributed by atoms with van der Waals surface area (Å²) in [4.78, 5) is 6.36. The quantitative estimate of drug-likeness (QED) is 0.716. The van der Waals surface area contributed by atoms with Crippen LogP contribution in [0.4, 0.5) is 5.82 Å². The molecule has 0 atom stereocenters. The van der Waals surface area contributed by atoms with Crippen LogP contribution in [0.2, 0.25) is 0 Å². The van der Waals surface area contributed by atoms with Gasteiger partial charge in [-0.05, 0) is 36.8 Å². The Morgan fingerprint density at radius 3 is 2.79 bits per heavy atom. The third-order valence-corrected chi connectivity index (χ3v) is 4.52. The molecule has 0 saturated heterocycles. The third-order valence-electron chi connectivity index (χ3n) is 3.41. The van der Waals surface area contributed by atoms with Gasteiger partial charge in [0.25, 0.3) is 0 Å². The minimum atomic E-state index is -3.24. The fraction of sp³-hybridized carbons (Fsp3) is 0.294. The summed E-state index contributed by atoms with van der Waals surface area (Å²) in [6.07, 6.45) is 3.53. The zero-order valence-electron chi connectivity index (χ0n) is 13.6. The van der Waals surface area contributed by atoms with Crippen molar-refractivity contribution in [1.82, 2.24) is 4.98 Å². The molecule has 0 aliphatic rings. The highest BCUT2D eigenvalue weighted by Gasteiger charge is 2.09. The van der Waals surface area contributed by atoms with E-state index in [9.17, 15) is 8.42 Å². The van der Waals surface area contributed by atoms with Gasteiger partial charge in [-0.3, -0.25) is 0 Å². The molecule has 1 heterocycles. The summed E-state index contributed by atoms with van der Waals surface area (Å²) in [5, 5.41) is 9.09. The summed E-state index contributed by atoms with van der Waals surface area (Å²) in [5.41, 5.74) is 0.529. The van der Waals surface area contributed by atoms with Crippen LogP contribution in [0.15, 0.2) is 47.5 Å². The molecule has 6 nitrogen and oxygen atoms in total. The van der Waals surface area contributed by atoms with Crippen molar-refractivity contribution < 1.29 is 13.2 Å². The molecule has 1 aromatic carbocycles. The van der Waals surface area contributed by atoms with E-state index in [1.807, 2.05) is 11.9 Å². The number of pyridine rings is 1. The maximum Gasteiger partial charge on any atom is 0.175 e. The highest BCUT2D eigenvalue weighted by atomic mass is 32.2. The molecule has 2 aromatic rings. The van der Waals surface area contributed by atoms with Crippen LogP contribution in [0.25, 0.3) is 0 Å². The van der Waals surface area contributed by atoms with Crippen molar-refractivity contribution in [2.24, 2.45) is 0 Å². The number of hydrogen-bond acceptors (Lipinski definition) is 6. The minimum Gasteiger partial charge on any atom is -0.493 e. The first-order valence-electron chi connectivity index (χ1n) is 7.41.